The fraction of sp³-hybridized carbons (Fsp3) is 0.0435. The van der Waals surface area contributed by atoms with E-state index in [0.717, 1.165) is 25.9 Å². The van der Waals surface area contributed by atoms with Gasteiger partial charge >= 0.3 is 0 Å². The van der Waals surface area contributed by atoms with Gasteiger partial charge in [-0.1, -0.05) is 29.8 Å². The number of oxazole rings is 1. The minimum atomic E-state index is -0.256. The molecule has 3 aromatic carbocycles. The lowest BCUT2D eigenvalue weighted by Crippen LogP contribution is -2.10. The first-order valence-corrected chi connectivity index (χ1v) is 11.2. The molecule has 0 bridgehead atoms. The molecule has 0 saturated carbocycles. The summed E-state index contributed by atoms with van der Waals surface area (Å²) in [6.45, 7) is 0. The number of rotatable bonds is 4. The van der Waals surface area contributed by atoms with E-state index in [1.54, 1.807) is 25.3 Å². The Labute approximate surface area is 194 Å². The van der Waals surface area contributed by atoms with Gasteiger partial charge in [-0.05, 0) is 58.4 Å². The molecule has 1 amide bonds. The van der Waals surface area contributed by atoms with E-state index < -0.39 is 0 Å². The number of methoxy groups -OCH3 is 1. The van der Waals surface area contributed by atoms with E-state index in [9.17, 15) is 4.79 Å². The van der Waals surface area contributed by atoms with Crippen molar-refractivity contribution in [1.29, 1.82) is 0 Å². The van der Waals surface area contributed by atoms with E-state index in [2.05, 4.69) is 26.2 Å². The maximum Gasteiger partial charge on any atom is 0.267 e. The number of halogens is 2. The zero-order valence-electron chi connectivity index (χ0n) is 16.1. The van der Waals surface area contributed by atoms with Gasteiger partial charge in [-0.15, -0.1) is 11.3 Å². The zero-order chi connectivity index (χ0) is 21.5. The van der Waals surface area contributed by atoms with Crippen LogP contribution in [0.4, 0.5) is 5.69 Å². The largest absolute Gasteiger partial charge is 0.496 e. The van der Waals surface area contributed by atoms with Gasteiger partial charge in [0.2, 0.25) is 5.89 Å². The van der Waals surface area contributed by atoms with E-state index in [-0.39, 0.29) is 5.91 Å². The van der Waals surface area contributed by atoms with Gasteiger partial charge in [-0.25, -0.2) is 4.98 Å². The molecule has 5 nitrogen and oxygen atoms in total. The summed E-state index contributed by atoms with van der Waals surface area (Å²) in [4.78, 5) is 17.9. The summed E-state index contributed by atoms with van der Waals surface area (Å²) in [5, 5.41) is 4.25. The summed E-state index contributed by atoms with van der Waals surface area (Å²) >= 11 is 11.3. The SMILES string of the molecule is COc1ccc(-c2nc3cc(NC(=O)c4sc5ccccc5c4Cl)ccc3o2)cc1Br. The Bertz CT molecular complexity index is 1460. The van der Waals surface area contributed by atoms with Crippen LogP contribution < -0.4 is 10.1 Å². The molecule has 154 valence electrons. The molecular formula is C23H14BrClN2O3S. The van der Waals surface area contributed by atoms with Crippen molar-refractivity contribution in [3.63, 3.8) is 0 Å². The van der Waals surface area contributed by atoms with Crippen LogP contribution in [0.1, 0.15) is 9.67 Å². The van der Waals surface area contributed by atoms with Gasteiger partial charge in [0.25, 0.3) is 5.91 Å². The highest BCUT2D eigenvalue weighted by Crippen LogP contribution is 2.36. The fourth-order valence-electron chi connectivity index (χ4n) is 3.28. The first-order chi connectivity index (χ1) is 15.0. The summed E-state index contributed by atoms with van der Waals surface area (Å²) in [6, 6.07) is 18.6. The number of thiophene rings is 1. The van der Waals surface area contributed by atoms with Crippen LogP contribution in [0.25, 0.3) is 32.6 Å². The third-order valence-electron chi connectivity index (χ3n) is 4.79. The Morgan fingerprint density at radius 3 is 2.77 bits per heavy atom. The van der Waals surface area contributed by atoms with Gasteiger partial charge in [0.1, 0.15) is 16.1 Å². The molecule has 0 fully saturated rings. The molecule has 0 radical (unpaired) electrons. The molecule has 0 aliphatic rings. The first kappa shape index (κ1) is 20.1. The fourth-order valence-corrected chi connectivity index (χ4v) is 5.23. The molecule has 31 heavy (non-hydrogen) atoms. The zero-order valence-corrected chi connectivity index (χ0v) is 19.3. The van der Waals surface area contributed by atoms with Crippen molar-refractivity contribution in [3.8, 4) is 17.2 Å². The van der Waals surface area contributed by atoms with Crippen LogP contribution in [0.15, 0.2) is 69.6 Å². The monoisotopic (exact) mass is 512 g/mol. The molecule has 5 aromatic rings. The normalized spacial score (nSPS) is 11.2. The van der Waals surface area contributed by atoms with E-state index in [4.69, 9.17) is 20.8 Å². The van der Waals surface area contributed by atoms with Crippen molar-refractivity contribution in [2.75, 3.05) is 12.4 Å². The van der Waals surface area contributed by atoms with Crippen LogP contribution in [0.2, 0.25) is 5.02 Å². The quantitative estimate of drug-likeness (QED) is 0.272. The van der Waals surface area contributed by atoms with Gasteiger partial charge in [0, 0.05) is 21.3 Å². The van der Waals surface area contributed by atoms with Crippen LogP contribution in [0.3, 0.4) is 0 Å². The standard InChI is InChI=1S/C23H14BrClN2O3S/c1-29-17-8-6-12(10-15(17)24)23-27-16-11-13(7-9-18(16)30-23)26-22(28)21-20(25)14-4-2-3-5-19(14)31-21/h2-11H,1H3,(H,26,28). The van der Waals surface area contributed by atoms with Crippen molar-refractivity contribution < 1.29 is 13.9 Å². The number of amides is 1. The Morgan fingerprint density at radius 1 is 1.16 bits per heavy atom. The van der Waals surface area contributed by atoms with Gasteiger partial charge in [-0.3, -0.25) is 4.79 Å². The van der Waals surface area contributed by atoms with Gasteiger partial charge in [-0.2, -0.15) is 0 Å². The average molecular weight is 514 g/mol. The van der Waals surface area contributed by atoms with Crippen molar-refractivity contribution in [2.24, 2.45) is 0 Å². The number of nitrogens with one attached hydrogen (secondary N) is 1. The molecule has 0 unspecified atom stereocenters. The van der Waals surface area contributed by atoms with Crippen LogP contribution in [-0.2, 0) is 0 Å². The predicted octanol–water partition coefficient (Wildman–Crippen LogP) is 7.39. The number of benzene rings is 3. The summed E-state index contributed by atoms with van der Waals surface area (Å²) in [7, 11) is 1.61. The highest BCUT2D eigenvalue weighted by Gasteiger charge is 2.18. The maximum atomic E-state index is 12.8. The van der Waals surface area contributed by atoms with Crippen LogP contribution in [0.5, 0.6) is 5.75 Å². The molecule has 0 aliphatic heterocycles. The third-order valence-corrected chi connectivity index (χ3v) is 7.08. The predicted molar refractivity (Wildman–Crippen MR) is 128 cm³/mol. The van der Waals surface area contributed by atoms with Gasteiger partial charge in [0.15, 0.2) is 5.58 Å². The summed E-state index contributed by atoms with van der Waals surface area (Å²) in [6.07, 6.45) is 0. The second-order valence-corrected chi connectivity index (χ2v) is 9.03. The van der Waals surface area contributed by atoms with Crippen molar-refractivity contribution >= 4 is 71.6 Å². The third kappa shape index (κ3) is 3.69. The summed E-state index contributed by atoms with van der Waals surface area (Å²) in [5.41, 5.74) is 2.69. The molecule has 2 aromatic heterocycles. The van der Waals surface area contributed by atoms with E-state index in [1.807, 2.05) is 42.5 Å². The number of aromatic nitrogens is 1. The van der Waals surface area contributed by atoms with Gasteiger partial charge < -0.3 is 14.5 Å². The lowest BCUT2D eigenvalue weighted by molar-refractivity contribution is 0.103. The molecule has 8 heteroatoms. The van der Waals surface area contributed by atoms with Crippen molar-refractivity contribution in [3.05, 3.63) is 75.0 Å². The number of hydrogen-bond donors (Lipinski definition) is 1. The molecule has 1 N–H and O–H groups in total. The Kier molecular flexibility index (Phi) is 5.17. The second kappa shape index (κ2) is 8.00. The second-order valence-electron chi connectivity index (χ2n) is 6.75. The van der Waals surface area contributed by atoms with Crippen LogP contribution in [-0.4, -0.2) is 18.0 Å². The number of anilines is 1. The molecular weight excluding hydrogens is 500 g/mol. The van der Waals surface area contributed by atoms with E-state index in [1.165, 1.54) is 11.3 Å². The highest BCUT2D eigenvalue weighted by atomic mass is 79.9. The molecule has 0 spiro atoms. The van der Waals surface area contributed by atoms with Gasteiger partial charge in [0.05, 0.1) is 16.6 Å². The lowest BCUT2D eigenvalue weighted by Gasteiger charge is -2.03. The number of carbonyl (C=O) groups excluding carboxylic acids is 1. The molecule has 5 rings (SSSR count). The Morgan fingerprint density at radius 2 is 2.00 bits per heavy atom. The topological polar surface area (TPSA) is 64.4 Å². The number of ether oxygens (including phenoxy) is 1. The lowest BCUT2D eigenvalue weighted by atomic mass is 10.2. The molecule has 0 saturated heterocycles. The summed E-state index contributed by atoms with van der Waals surface area (Å²) < 4.78 is 12.9. The van der Waals surface area contributed by atoms with E-state index in [0.29, 0.717) is 32.6 Å². The number of nitrogens with zero attached hydrogens (tertiary/aromatic N) is 1. The highest BCUT2D eigenvalue weighted by molar-refractivity contribution is 9.10. The van der Waals surface area contributed by atoms with E-state index >= 15 is 0 Å². The number of fused-ring (bicyclic) bond motifs is 2. The Balaban J connectivity index is 1.44. The first-order valence-electron chi connectivity index (χ1n) is 9.26. The smallest absolute Gasteiger partial charge is 0.267 e. The molecule has 0 aliphatic carbocycles. The van der Waals surface area contributed by atoms with Crippen LogP contribution >= 0.6 is 38.9 Å². The number of carbonyl (C=O) groups is 1. The molecule has 2 heterocycles. The van der Waals surface area contributed by atoms with Crippen molar-refractivity contribution in [2.45, 2.75) is 0 Å². The minimum Gasteiger partial charge on any atom is -0.496 e. The Hall–Kier alpha value is -2.87. The summed E-state index contributed by atoms with van der Waals surface area (Å²) in [5.74, 6) is 0.951. The maximum absolute atomic E-state index is 12.8. The average Bonchev–Trinajstić information content (AvgIpc) is 3.35. The minimum absolute atomic E-state index is 0.256. The van der Waals surface area contributed by atoms with Crippen LogP contribution in [0, 0.1) is 0 Å². The molecule has 0 atom stereocenters. The van der Waals surface area contributed by atoms with Crippen molar-refractivity contribution in [1.82, 2.24) is 4.98 Å². The number of hydrogen-bond acceptors (Lipinski definition) is 5.